The molecule has 6 heteroatoms. The minimum Gasteiger partial charge on any atom is -0.370 e. The molecule has 5 nitrogen and oxygen atoms in total. The lowest BCUT2D eigenvalue weighted by atomic mass is 10.2. The highest BCUT2D eigenvalue weighted by molar-refractivity contribution is 6.33. The molecule has 1 aliphatic heterocycles. The molecule has 1 fully saturated rings. The van der Waals surface area contributed by atoms with Gasteiger partial charge in [0.1, 0.15) is 0 Å². The standard InChI is InChI=1S/C17H21ClN4O/c1-13(22-9-6-19-12-22)10-17(23)20-14-4-5-16(15(18)11-14)21-7-2-3-8-21/h4-6,9,11-13H,2-3,7-8,10H2,1H3,(H,20,23). The van der Waals surface area contributed by atoms with Crippen LogP contribution in [0.15, 0.2) is 36.9 Å². The predicted molar refractivity (Wildman–Crippen MR) is 93.1 cm³/mol. The molecule has 1 amide bonds. The van der Waals surface area contributed by atoms with Gasteiger partial charge in [-0.3, -0.25) is 4.79 Å². The first-order chi connectivity index (χ1) is 11.1. The van der Waals surface area contributed by atoms with Crippen molar-refractivity contribution >= 4 is 28.9 Å². The second-order valence-corrected chi connectivity index (χ2v) is 6.38. The van der Waals surface area contributed by atoms with Crippen LogP contribution in [0.5, 0.6) is 0 Å². The smallest absolute Gasteiger partial charge is 0.226 e. The molecule has 23 heavy (non-hydrogen) atoms. The van der Waals surface area contributed by atoms with E-state index in [2.05, 4.69) is 15.2 Å². The topological polar surface area (TPSA) is 50.2 Å². The first kappa shape index (κ1) is 15.9. The number of benzene rings is 1. The number of carbonyl (C=O) groups is 1. The van der Waals surface area contributed by atoms with E-state index in [1.54, 1.807) is 12.5 Å². The highest BCUT2D eigenvalue weighted by atomic mass is 35.5. The number of carbonyl (C=O) groups excluding carboxylic acids is 1. The van der Waals surface area contributed by atoms with Gasteiger partial charge in [0.15, 0.2) is 0 Å². The third kappa shape index (κ3) is 3.85. The van der Waals surface area contributed by atoms with Gasteiger partial charge in [-0.15, -0.1) is 0 Å². The Kier molecular flexibility index (Phi) is 4.86. The maximum absolute atomic E-state index is 12.2. The summed E-state index contributed by atoms with van der Waals surface area (Å²) < 4.78 is 1.92. The van der Waals surface area contributed by atoms with Crippen LogP contribution in [0.4, 0.5) is 11.4 Å². The molecule has 122 valence electrons. The number of amides is 1. The quantitative estimate of drug-likeness (QED) is 0.907. The van der Waals surface area contributed by atoms with Crippen LogP contribution < -0.4 is 10.2 Å². The molecule has 0 saturated carbocycles. The number of imidazole rings is 1. The number of hydrogen-bond donors (Lipinski definition) is 1. The molecule has 0 bridgehead atoms. The van der Waals surface area contributed by atoms with Gasteiger partial charge in [-0.05, 0) is 38.0 Å². The van der Waals surface area contributed by atoms with E-state index < -0.39 is 0 Å². The van der Waals surface area contributed by atoms with Gasteiger partial charge in [-0.2, -0.15) is 0 Å². The third-order valence-corrected chi connectivity index (χ3v) is 4.50. The maximum Gasteiger partial charge on any atom is 0.226 e. The number of rotatable bonds is 5. The van der Waals surface area contributed by atoms with Crippen LogP contribution in [0.3, 0.4) is 0 Å². The van der Waals surface area contributed by atoms with E-state index in [1.807, 2.05) is 35.9 Å². The van der Waals surface area contributed by atoms with Crippen molar-refractivity contribution in [3.63, 3.8) is 0 Å². The van der Waals surface area contributed by atoms with E-state index in [1.165, 1.54) is 12.8 Å². The number of halogens is 1. The number of nitrogens with zero attached hydrogens (tertiary/aromatic N) is 3. The first-order valence-electron chi connectivity index (χ1n) is 7.95. The van der Waals surface area contributed by atoms with Gasteiger partial charge in [0, 0.05) is 43.6 Å². The molecule has 2 heterocycles. The fourth-order valence-electron chi connectivity index (χ4n) is 2.92. The molecule has 1 N–H and O–H groups in total. The van der Waals surface area contributed by atoms with E-state index >= 15 is 0 Å². The molecular formula is C17H21ClN4O. The van der Waals surface area contributed by atoms with Gasteiger partial charge in [0.05, 0.1) is 17.0 Å². The summed E-state index contributed by atoms with van der Waals surface area (Å²) in [6, 6.07) is 5.80. The van der Waals surface area contributed by atoms with Gasteiger partial charge < -0.3 is 14.8 Å². The number of nitrogens with one attached hydrogen (secondary N) is 1. The Labute approximate surface area is 141 Å². The van der Waals surface area contributed by atoms with Crippen LogP contribution in [-0.4, -0.2) is 28.5 Å². The zero-order valence-corrected chi connectivity index (χ0v) is 14.0. The van der Waals surface area contributed by atoms with Gasteiger partial charge in [0.2, 0.25) is 5.91 Å². The van der Waals surface area contributed by atoms with E-state index in [0.29, 0.717) is 11.4 Å². The largest absolute Gasteiger partial charge is 0.370 e. The van der Waals surface area contributed by atoms with Crippen molar-refractivity contribution < 1.29 is 4.79 Å². The summed E-state index contributed by atoms with van der Waals surface area (Å²) in [6.45, 7) is 4.09. The van der Waals surface area contributed by atoms with Crippen LogP contribution in [0.2, 0.25) is 5.02 Å². The lowest BCUT2D eigenvalue weighted by Crippen LogP contribution is -2.19. The predicted octanol–water partition coefficient (Wildman–Crippen LogP) is 3.73. The maximum atomic E-state index is 12.2. The average molecular weight is 333 g/mol. The summed E-state index contributed by atoms with van der Waals surface area (Å²) in [4.78, 5) is 18.5. The zero-order valence-electron chi connectivity index (χ0n) is 13.2. The van der Waals surface area contributed by atoms with Crippen LogP contribution in [0.25, 0.3) is 0 Å². The lowest BCUT2D eigenvalue weighted by molar-refractivity contribution is -0.116. The van der Waals surface area contributed by atoms with Crippen molar-refractivity contribution in [2.45, 2.75) is 32.2 Å². The second-order valence-electron chi connectivity index (χ2n) is 5.97. The molecule has 1 aliphatic rings. The van der Waals surface area contributed by atoms with E-state index in [9.17, 15) is 4.79 Å². The Bertz CT molecular complexity index is 665. The molecular weight excluding hydrogens is 312 g/mol. The van der Waals surface area contributed by atoms with Crippen molar-refractivity contribution in [2.75, 3.05) is 23.3 Å². The van der Waals surface area contributed by atoms with Crippen molar-refractivity contribution in [1.29, 1.82) is 0 Å². The van der Waals surface area contributed by atoms with Gasteiger partial charge >= 0.3 is 0 Å². The number of anilines is 2. The van der Waals surface area contributed by atoms with Gasteiger partial charge in [-0.25, -0.2) is 4.98 Å². The number of aromatic nitrogens is 2. The molecule has 1 saturated heterocycles. The summed E-state index contributed by atoms with van der Waals surface area (Å²) in [5, 5.41) is 3.61. The molecule has 1 aromatic carbocycles. The molecule has 0 radical (unpaired) electrons. The Hall–Kier alpha value is -2.01. The Morgan fingerprint density at radius 2 is 2.17 bits per heavy atom. The fraction of sp³-hybridized carbons (Fsp3) is 0.412. The minimum atomic E-state index is -0.0313. The lowest BCUT2D eigenvalue weighted by Gasteiger charge is -2.20. The molecule has 2 aromatic rings. The summed E-state index contributed by atoms with van der Waals surface area (Å²) in [5.74, 6) is -0.0313. The van der Waals surface area contributed by atoms with E-state index in [0.717, 1.165) is 24.5 Å². The summed E-state index contributed by atoms with van der Waals surface area (Å²) in [7, 11) is 0. The molecule has 0 aliphatic carbocycles. The van der Waals surface area contributed by atoms with Crippen molar-refractivity contribution in [3.8, 4) is 0 Å². The number of hydrogen-bond acceptors (Lipinski definition) is 3. The molecule has 1 unspecified atom stereocenters. The highest BCUT2D eigenvalue weighted by Crippen LogP contribution is 2.31. The first-order valence-corrected chi connectivity index (χ1v) is 8.33. The van der Waals surface area contributed by atoms with Crippen molar-refractivity contribution in [1.82, 2.24) is 9.55 Å². The van der Waals surface area contributed by atoms with Crippen LogP contribution >= 0.6 is 11.6 Å². The molecule has 1 aromatic heterocycles. The van der Waals surface area contributed by atoms with E-state index in [4.69, 9.17) is 11.6 Å². The van der Waals surface area contributed by atoms with Crippen LogP contribution in [0, 0.1) is 0 Å². The fourth-order valence-corrected chi connectivity index (χ4v) is 3.22. The SMILES string of the molecule is CC(CC(=O)Nc1ccc(N2CCCC2)c(Cl)c1)n1ccnc1. The minimum absolute atomic E-state index is 0.0313. The van der Waals surface area contributed by atoms with Crippen LogP contribution in [0.1, 0.15) is 32.2 Å². The van der Waals surface area contributed by atoms with Gasteiger partial charge in [-0.1, -0.05) is 11.6 Å². The van der Waals surface area contributed by atoms with Crippen molar-refractivity contribution in [2.24, 2.45) is 0 Å². The summed E-state index contributed by atoms with van der Waals surface area (Å²) >= 11 is 6.37. The normalized spacial score (nSPS) is 15.7. The Morgan fingerprint density at radius 1 is 1.39 bits per heavy atom. The monoisotopic (exact) mass is 332 g/mol. The Morgan fingerprint density at radius 3 is 2.83 bits per heavy atom. The molecule has 0 spiro atoms. The Balaban J connectivity index is 1.61. The van der Waals surface area contributed by atoms with Crippen molar-refractivity contribution in [3.05, 3.63) is 41.9 Å². The highest BCUT2D eigenvalue weighted by Gasteiger charge is 2.16. The zero-order chi connectivity index (χ0) is 16.2. The molecule has 3 rings (SSSR count). The summed E-state index contributed by atoms with van der Waals surface area (Å²) in [6.07, 6.45) is 8.11. The second kappa shape index (κ2) is 7.04. The average Bonchev–Trinajstić information content (AvgIpc) is 3.21. The van der Waals surface area contributed by atoms with Crippen LogP contribution in [-0.2, 0) is 4.79 Å². The molecule has 1 atom stereocenters. The summed E-state index contributed by atoms with van der Waals surface area (Å²) in [5.41, 5.74) is 1.79. The third-order valence-electron chi connectivity index (χ3n) is 4.19. The van der Waals surface area contributed by atoms with Gasteiger partial charge in [0.25, 0.3) is 0 Å². The van der Waals surface area contributed by atoms with E-state index in [-0.39, 0.29) is 11.9 Å².